The standard InChI is InChI=1S/C13H29N3O2/c1-4-17-11-7-6-9-15-13(14-3)16-10-8-12-18-5-2/h4-12H2,1-3H3,(H2,14,15,16). The number of nitrogens with zero attached hydrogens (tertiary/aromatic N) is 1. The van der Waals surface area contributed by atoms with Crippen molar-refractivity contribution in [3.05, 3.63) is 0 Å². The molecule has 0 aliphatic heterocycles. The van der Waals surface area contributed by atoms with E-state index in [1.165, 1.54) is 0 Å². The molecule has 0 amide bonds. The third kappa shape index (κ3) is 11.7. The Morgan fingerprint density at radius 3 is 2.00 bits per heavy atom. The quantitative estimate of drug-likeness (QED) is 0.334. The summed E-state index contributed by atoms with van der Waals surface area (Å²) >= 11 is 0. The number of hydrogen-bond acceptors (Lipinski definition) is 3. The molecule has 0 radical (unpaired) electrons. The van der Waals surface area contributed by atoms with E-state index in [1.807, 2.05) is 13.8 Å². The number of hydrogen-bond donors (Lipinski definition) is 2. The second-order valence-electron chi connectivity index (χ2n) is 3.88. The van der Waals surface area contributed by atoms with Crippen molar-refractivity contribution in [2.75, 3.05) is 46.6 Å². The Morgan fingerprint density at radius 2 is 1.44 bits per heavy atom. The van der Waals surface area contributed by atoms with E-state index in [0.29, 0.717) is 0 Å². The van der Waals surface area contributed by atoms with Gasteiger partial charge in [0.15, 0.2) is 5.96 Å². The Hall–Kier alpha value is -0.810. The molecule has 0 saturated heterocycles. The molecular formula is C13H29N3O2. The summed E-state index contributed by atoms with van der Waals surface area (Å²) in [6.45, 7) is 9.08. The van der Waals surface area contributed by atoms with Crippen LogP contribution in [0, 0.1) is 0 Å². The van der Waals surface area contributed by atoms with Crippen molar-refractivity contribution in [2.24, 2.45) is 4.99 Å². The summed E-state index contributed by atoms with van der Waals surface area (Å²) in [5, 5.41) is 6.54. The molecule has 0 atom stereocenters. The van der Waals surface area contributed by atoms with Gasteiger partial charge in [0.1, 0.15) is 0 Å². The van der Waals surface area contributed by atoms with E-state index >= 15 is 0 Å². The van der Waals surface area contributed by atoms with Crippen LogP contribution in [-0.4, -0.2) is 52.5 Å². The van der Waals surface area contributed by atoms with Gasteiger partial charge >= 0.3 is 0 Å². The molecule has 0 bridgehead atoms. The number of guanidine groups is 1. The Labute approximate surface area is 111 Å². The van der Waals surface area contributed by atoms with Gasteiger partial charge in [-0.1, -0.05) is 0 Å². The van der Waals surface area contributed by atoms with E-state index < -0.39 is 0 Å². The first kappa shape index (κ1) is 17.2. The van der Waals surface area contributed by atoms with Crippen molar-refractivity contribution >= 4 is 5.96 Å². The molecule has 0 rings (SSSR count). The normalized spacial score (nSPS) is 11.6. The lowest BCUT2D eigenvalue weighted by Gasteiger charge is -2.11. The number of nitrogens with one attached hydrogen (secondary N) is 2. The van der Waals surface area contributed by atoms with Crippen molar-refractivity contribution in [3.8, 4) is 0 Å². The minimum atomic E-state index is 0.785. The van der Waals surface area contributed by atoms with Crippen LogP contribution in [-0.2, 0) is 9.47 Å². The van der Waals surface area contributed by atoms with Gasteiger partial charge in [-0.3, -0.25) is 4.99 Å². The molecule has 108 valence electrons. The van der Waals surface area contributed by atoms with Gasteiger partial charge < -0.3 is 20.1 Å². The highest BCUT2D eigenvalue weighted by atomic mass is 16.5. The monoisotopic (exact) mass is 259 g/mol. The summed E-state index contributed by atoms with van der Waals surface area (Å²) in [6.07, 6.45) is 3.18. The highest BCUT2D eigenvalue weighted by Crippen LogP contribution is 1.88. The summed E-state index contributed by atoms with van der Waals surface area (Å²) in [5.41, 5.74) is 0. The fourth-order valence-electron chi connectivity index (χ4n) is 1.43. The van der Waals surface area contributed by atoms with Gasteiger partial charge in [-0.15, -0.1) is 0 Å². The van der Waals surface area contributed by atoms with Crippen molar-refractivity contribution in [1.82, 2.24) is 10.6 Å². The largest absolute Gasteiger partial charge is 0.382 e. The molecule has 0 aliphatic rings. The summed E-state index contributed by atoms with van der Waals surface area (Å²) in [4.78, 5) is 4.16. The van der Waals surface area contributed by atoms with Crippen LogP contribution in [0.25, 0.3) is 0 Å². The molecule has 5 heteroatoms. The lowest BCUT2D eigenvalue weighted by Crippen LogP contribution is -2.38. The summed E-state index contributed by atoms with van der Waals surface area (Å²) in [7, 11) is 1.79. The van der Waals surface area contributed by atoms with Crippen LogP contribution >= 0.6 is 0 Å². The van der Waals surface area contributed by atoms with Crippen LogP contribution in [0.1, 0.15) is 33.1 Å². The molecule has 18 heavy (non-hydrogen) atoms. The number of aliphatic imine (C=N–C) groups is 1. The molecule has 0 aromatic heterocycles. The maximum absolute atomic E-state index is 5.28. The van der Waals surface area contributed by atoms with Gasteiger partial charge in [-0.25, -0.2) is 0 Å². The summed E-state index contributed by atoms with van der Waals surface area (Å²) in [6, 6.07) is 0. The number of ether oxygens (including phenoxy) is 2. The van der Waals surface area contributed by atoms with Gasteiger partial charge in [-0.2, -0.15) is 0 Å². The van der Waals surface area contributed by atoms with Gasteiger partial charge in [0, 0.05) is 46.6 Å². The van der Waals surface area contributed by atoms with Crippen molar-refractivity contribution in [1.29, 1.82) is 0 Å². The molecule has 0 aromatic carbocycles. The molecule has 0 heterocycles. The molecule has 0 aromatic rings. The van der Waals surface area contributed by atoms with Crippen LogP contribution < -0.4 is 10.6 Å². The van der Waals surface area contributed by atoms with Crippen molar-refractivity contribution in [3.63, 3.8) is 0 Å². The molecule has 0 fully saturated rings. The molecule has 5 nitrogen and oxygen atoms in total. The lowest BCUT2D eigenvalue weighted by atomic mass is 10.3. The molecule has 0 saturated carbocycles. The maximum atomic E-state index is 5.28. The second kappa shape index (κ2) is 14.3. The third-order valence-corrected chi connectivity index (χ3v) is 2.40. The third-order valence-electron chi connectivity index (χ3n) is 2.40. The van der Waals surface area contributed by atoms with Gasteiger partial charge in [0.25, 0.3) is 0 Å². The van der Waals surface area contributed by atoms with Gasteiger partial charge in [-0.05, 0) is 33.1 Å². The van der Waals surface area contributed by atoms with Crippen molar-refractivity contribution < 1.29 is 9.47 Å². The maximum Gasteiger partial charge on any atom is 0.190 e. The topological polar surface area (TPSA) is 54.9 Å². The number of unbranched alkanes of at least 4 members (excludes halogenated alkanes) is 1. The van der Waals surface area contributed by atoms with Crippen LogP contribution in [0.3, 0.4) is 0 Å². The van der Waals surface area contributed by atoms with Gasteiger partial charge in [0.2, 0.25) is 0 Å². The molecule has 0 unspecified atom stereocenters. The molecular weight excluding hydrogens is 230 g/mol. The zero-order valence-electron chi connectivity index (χ0n) is 12.1. The first-order valence-corrected chi connectivity index (χ1v) is 6.95. The zero-order chi connectivity index (χ0) is 13.5. The van der Waals surface area contributed by atoms with E-state index in [1.54, 1.807) is 7.05 Å². The predicted molar refractivity (Wildman–Crippen MR) is 76.2 cm³/mol. The zero-order valence-corrected chi connectivity index (χ0v) is 12.1. The van der Waals surface area contributed by atoms with Gasteiger partial charge in [0.05, 0.1) is 0 Å². The Kier molecular flexibility index (Phi) is 13.6. The first-order valence-electron chi connectivity index (χ1n) is 6.95. The Balaban J connectivity index is 3.36. The van der Waals surface area contributed by atoms with E-state index in [0.717, 1.165) is 64.7 Å². The van der Waals surface area contributed by atoms with E-state index in [2.05, 4.69) is 15.6 Å². The van der Waals surface area contributed by atoms with E-state index in [4.69, 9.17) is 9.47 Å². The average Bonchev–Trinajstić information content (AvgIpc) is 2.40. The van der Waals surface area contributed by atoms with Crippen molar-refractivity contribution in [2.45, 2.75) is 33.1 Å². The minimum absolute atomic E-state index is 0.785. The fourth-order valence-corrected chi connectivity index (χ4v) is 1.43. The Bertz CT molecular complexity index is 199. The highest BCUT2D eigenvalue weighted by Gasteiger charge is 1.96. The predicted octanol–water partition coefficient (Wildman–Crippen LogP) is 1.39. The molecule has 2 N–H and O–H groups in total. The number of rotatable bonds is 11. The van der Waals surface area contributed by atoms with E-state index in [9.17, 15) is 0 Å². The smallest absolute Gasteiger partial charge is 0.190 e. The van der Waals surface area contributed by atoms with Crippen LogP contribution in [0.5, 0.6) is 0 Å². The lowest BCUT2D eigenvalue weighted by molar-refractivity contribution is 0.143. The Morgan fingerprint density at radius 1 is 0.889 bits per heavy atom. The second-order valence-corrected chi connectivity index (χ2v) is 3.88. The van der Waals surface area contributed by atoms with Crippen LogP contribution in [0.4, 0.5) is 0 Å². The van der Waals surface area contributed by atoms with Crippen LogP contribution in [0.15, 0.2) is 4.99 Å². The minimum Gasteiger partial charge on any atom is -0.382 e. The first-order chi connectivity index (χ1) is 8.85. The molecule has 0 aliphatic carbocycles. The summed E-state index contributed by atoms with van der Waals surface area (Å²) in [5.74, 6) is 0.864. The fraction of sp³-hybridized carbons (Fsp3) is 0.923. The molecule has 0 spiro atoms. The van der Waals surface area contributed by atoms with Crippen LogP contribution in [0.2, 0.25) is 0 Å². The average molecular weight is 259 g/mol. The summed E-state index contributed by atoms with van der Waals surface area (Å²) < 4.78 is 10.6. The highest BCUT2D eigenvalue weighted by molar-refractivity contribution is 5.79. The SMILES string of the molecule is CCOCCCCNC(=NC)NCCCOCC. The van der Waals surface area contributed by atoms with E-state index in [-0.39, 0.29) is 0 Å².